The molecule has 0 heterocycles. The number of hydrogen-bond acceptors (Lipinski definition) is 4. The number of nitrogens with two attached hydrogens (primary N) is 1. The fraction of sp³-hybridized carbons (Fsp3) is 0.250. The van der Waals surface area contributed by atoms with E-state index in [9.17, 15) is 4.39 Å². The quantitative estimate of drug-likeness (QED) is 0.824. The van der Waals surface area contributed by atoms with Gasteiger partial charge >= 0.3 is 0 Å². The molecule has 0 bridgehead atoms. The maximum absolute atomic E-state index is 13.6. The number of hydrogen-bond donors (Lipinski definition) is 1. The van der Waals surface area contributed by atoms with Crippen LogP contribution in [0.25, 0.3) is 0 Å². The molecule has 0 atom stereocenters. The van der Waals surface area contributed by atoms with Crippen molar-refractivity contribution in [3.05, 3.63) is 47.8 Å². The molecule has 0 fully saturated rings. The minimum absolute atomic E-state index is 0.120. The van der Waals surface area contributed by atoms with Crippen LogP contribution in [-0.4, -0.2) is 13.7 Å². The van der Waals surface area contributed by atoms with E-state index < -0.39 is 5.82 Å². The van der Waals surface area contributed by atoms with Crippen molar-refractivity contribution in [2.24, 2.45) is 0 Å². The Morgan fingerprint density at radius 1 is 1.14 bits per heavy atom. The van der Waals surface area contributed by atoms with E-state index in [1.807, 2.05) is 18.2 Å². The van der Waals surface area contributed by atoms with E-state index in [0.717, 1.165) is 5.56 Å². The van der Waals surface area contributed by atoms with E-state index in [-0.39, 0.29) is 11.4 Å². The van der Waals surface area contributed by atoms with Gasteiger partial charge in [0.1, 0.15) is 5.75 Å². The lowest BCUT2D eigenvalue weighted by Gasteiger charge is -2.12. The zero-order chi connectivity index (χ0) is 15.2. The Morgan fingerprint density at radius 3 is 2.67 bits per heavy atom. The summed E-state index contributed by atoms with van der Waals surface area (Å²) in [5.74, 6) is 0.573. The molecule has 2 aromatic carbocycles. The van der Waals surface area contributed by atoms with Gasteiger partial charge in [-0.3, -0.25) is 0 Å². The molecule has 0 radical (unpaired) electrons. The molecule has 0 spiro atoms. The van der Waals surface area contributed by atoms with Crippen LogP contribution in [0.2, 0.25) is 0 Å². The highest BCUT2D eigenvalue weighted by Crippen LogP contribution is 2.33. The molecule has 21 heavy (non-hydrogen) atoms. The highest BCUT2D eigenvalue weighted by atomic mass is 19.1. The molecule has 0 saturated heterocycles. The van der Waals surface area contributed by atoms with Crippen LogP contribution < -0.4 is 15.2 Å². The molecule has 0 unspecified atom stereocenters. The third-order valence-electron chi connectivity index (χ3n) is 2.80. The molecule has 0 aliphatic heterocycles. The van der Waals surface area contributed by atoms with Crippen molar-refractivity contribution in [3.63, 3.8) is 0 Å². The smallest absolute Gasteiger partial charge is 0.167 e. The van der Waals surface area contributed by atoms with E-state index in [2.05, 4.69) is 0 Å². The van der Waals surface area contributed by atoms with E-state index in [0.29, 0.717) is 24.7 Å². The lowest BCUT2D eigenvalue weighted by atomic mass is 10.2. The lowest BCUT2D eigenvalue weighted by Crippen LogP contribution is -1.99. The number of benzene rings is 2. The van der Waals surface area contributed by atoms with Crippen LogP contribution in [0, 0.1) is 5.82 Å². The molecule has 0 saturated carbocycles. The van der Waals surface area contributed by atoms with Crippen molar-refractivity contribution in [1.29, 1.82) is 0 Å². The van der Waals surface area contributed by atoms with Gasteiger partial charge < -0.3 is 19.9 Å². The second-order valence-electron chi connectivity index (χ2n) is 4.44. The zero-order valence-corrected chi connectivity index (χ0v) is 12.1. The summed E-state index contributed by atoms with van der Waals surface area (Å²) >= 11 is 0. The summed E-state index contributed by atoms with van der Waals surface area (Å²) < 4.78 is 29.6. The Labute approximate surface area is 123 Å². The first-order valence-electron chi connectivity index (χ1n) is 6.61. The van der Waals surface area contributed by atoms with E-state index in [4.69, 9.17) is 19.9 Å². The Kier molecular flexibility index (Phi) is 5.00. The first-order valence-corrected chi connectivity index (χ1v) is 6.61. The summed E-state index contributed by atoms with van der Waals surface area (Å²) in [7, 11) is 1.62. The first kappa shape index (κ1) is 15.1. The molecule has 2 rings (SSSR count). The Morgan fingerprint density at radius 2 is 1.95 bits per heavy atom. The van der Waals surface area contributed by atoms with Crippen LogP contribution in [0.5, 0.6) is 17.2 Å². The van der Waals surface area contributed by atoms with Gasteiger partial charge in [-0.1, -0.05) is 12.1 Å². The van der Waals surface area contributed by atoms with Gasteiger partial charge in [-0.15, -0.1) is 0 Å². The van der Waals surface area contributed by atoms with Crippen molar-refractivity contribution in [3.8, 4) is 17.2 Å². The van der Waals surface area contributed by atoms with Crippen LogP contribution in [0.15, 0.2) is 36.4 Å². The standard InChI is InChI=1S/C16H18FNO3/c1-3-20-15-9-16(14(18)8-13(15)17)21-12-6-4-5-11(7-12)10-19-2/h4-9H,3,10,18H2,1-2H3. The monoisotopic (exact) mass is 291 g/mol. The van der Waals surface area contributed by atoms with Crippen LogP contribution in [0.4, 0.5) is 10.1 Å². The summed E-state index contributed by atoms with van der Waals surface area (Å²) in [6, 6.07) is 10.1. The highest BCUT2D eigenvalue weighted by molar-refractivity contribution is 5.57. The fourth-order valence-corrected chi connectivity index (χ4v) is 1.90. The molecule has 112 valence electrons. The van der Waals surface area contributed by atoms with Gasteiger partial charge in [0.15, 0.2) is 17.3 Å². The number of methoxy groups -OCH3 is 1. The third-order valence-corrected chi connectivity index (χ3v) is 2.80. The summed E-state index contributed by atoms with van der Waals surface area (Å²) in [6.07, 6.45) is 0. The van der Waals surface area contributed by atoms with Gasteiger partial charge in [-0.05, 0) is 24.6 Å². The van der Waals surface area contributed by atoms with Crippen molar-refractivity contribution < 1.29 is 18.6 Å². The van der Waals surface area contributed by atoms with Gasteiger partial charge in [-0.25, -0.2) is 4.39 Å². The molecule has 0 aromatic heterocycles. The van der Waals surface area contributed by atoms with Gasteiger partial charge in [0, 0.05) is 19.2 Å². The predicted molar refractivity (Wildman–Crippen MR) is 79.2 cm³/mol. The maximum atomic E-state index is 13.6. The van der Waals surface area contributed by atoms with Crippen molar-refractivity contribution >= 4 is 5.69 Å². The second kappa shape index (κ2) is 6.95. The summed E-state index contributed by atoms with van der Waals surface area (Å²) in [5, 5.41) is 0. The Hall–Kier alpha value is -2.27. The molecule has 5 heteroatoms. The van der Waals surface area contributed by atoms with E-state index >= 15 is 0 Å². The molecule has 2 N–H and O–H groups in total. The van der Waals surface area contributed by atoms with E-state index in [1.165, 1.54) is 12.1 Å². The SMILES string of the molecule is CCOc1cc(Oc2cccc(COC)c2)c(N)cc1F. The normalized spacial score (nSPS) is 10.4. The number of halogens is 1. The van der Waals surface area contributed by atoms with E-state index in [1.54, 1.807) is 20.1 Å². The summed E-state index contributed by atoms with van der Waals surface area (Å²) in [5.41, 5.74) is 6.97. The summed E-state index contributed by atoms with van der Waals surface area (Å²) in [4.78, 5) is 0. The molecular formula is C16H18FNO3. The molecular weight excluding hydrogens is 273 g/mol. The third kappa shape index (κ3) is 3.86. The lowest BCUT2D eigenvalue weighted by molar-refractivity contribution is 0.184. The highest BCUT2D eigenvalue weighted by Gasteiger charge is 2.11. The predicted octanol–water partition coefficient (Wildman–Crippen LogP) is 3.75. The number of nitrogen functional groups attached to an aromatic ring is 1. The maximum Gasteiger partial charge on any atom is 0.167 e. The molecule has 4 nitrogen and oxygen atoms in total. The van der Waals surface area contributed by atoms with Crippen LogP contribution in [0.1, 0.15) is 12.5 Å². The summed E-state index contributed by atoms with van der Waals surface area (Å²) in [6.45, 7) is 2.63. The first-order chi connectivity index (χ1) is 10.1. The van der Waals surface area contributed by atoms with Gasteiger partial charge in [0.2, 0.25) is 0 Å². The van der Waals surface area contributed by atoms with Crippen molar-refractivity contribution in [2.75, 3.05) is 19.5 Å². The van der Waals surface area contributed by atoms with Gasteiger partial charge in [-0.2, -0.15) is 0 Å². The largest absolute Gasteiger partial charge is 0.491 e. The van der Waals surface area contributed by atoms with Crippen LogP contribution in [0.3, 0.4) is 0 Å². The molecule has 0 aliphatic carbocycles. The van der Waals surface area contributed by atoms with Crippen molar-refractivity contribution in [2.45, 2.75) is 13.5 Å². The number of ether oxygens (including phenoxy) is 3. The van der Waals surface area contributed by atoms with Gasteiger partial charge in [0.25, 0.3) is 0 Å². The Balaban J connectivity index is 2.26. The zero-order valence-electron chi connectivity index (χ0n) is 12.1. The second-order valence-corrected chi connectivity index (χ2v) is 4.44. The molecule has 2 aromatic rings. The molecule has 0 aliphatic rings. The Bertz CT molecular complexity index is 616. The average Bonchev–Trinajstić information content (AvgIpc) is 2.45. The number of rotatable bonds is 6. The number of anilines is 1. The van der Waals surface area contributed by atoms with Gasteiger partial charge in [0.05, 0.1) is 18.9 Å². The van der Waals surface area contributed by atoms with Crippen LogP contribution >= 0.6 is 0 Å². The average molecular weight is 291 g/mol. The topological polar surface area (TPSA) is 53.7 Å². The van der Waals surface area contributed by atoms with Crippen molar-refractivity contribution in [1.82, 2.24) is 0 Å². The minimum atomic E-state index is -0.505. The van der Waals surface area contributed by atoms with Crippen LogP contribution in [-0.2, 0) is 11.3 Å². The fourth-order valence-electron chi connectivity index (χ4n) is 1.90. The minimum Gasteiger partial charge on any atom is -0.491 e. The molecule has 0 amide bonds.